The summed E-state index contributed by atoms with van der Waals surface area (Å²) in [7, 11) is 0. The first-order valence-corrected chi connectivity index (χ1v) is 13.1. The Labute approximate surface area is 195 Å². The molecular formula is C26H44N6. The van der Waals surface area contributed by atoms with Gasteiger partial charge in [-0.1, -0.05) is 20.3 Å². The predicted molar refractivity (Wildman–Crippen MR) is 131 cm³/mol. The Morgan fingerprint density at radius 2 is 1.38 bits per heavy atom. The molecule has 32 heavy (non-hydrogen) atoms. The molecule has 0 spiro atoms. The van der Waals surface area contributed by atoms with Gasteiger partial charge in [0.1, 0.15) is 0 Å². The van der Waals surface area contributed by atoms with Crippen LogP contribution >= 0.6 is 0 Å². The molecule has 2 aliphatic rings. The van der Waals surface area contributed by atoms with Crippen molar-refractivity contribution >= 4 is 0 Å². The molecule has 4 rings (SSSR count). The molecule has 4 atom stereocenters. The van der Waals surface area contributed by atoms with Crippen LogP contribution in [0.4, 0.5) is 0 Å². The first-order chi connectivity index (χ1) is 15.5. The van der Waals surface area contributed by atoms with Crippen molar-refractivity contribution in [2.24, 2.45) is 11.8 Å². The molecule has 0 saturated carbocycles. The molecular weight excluding hydrogens is 396 g/mol. The first-order valence-electron chi connectivity index (χ1n) is 13.1. The second kappa shape index (κ2) is 11.0. The number of piperidine rings is 2. The molecule has 2 aromatic heterocycles. The van der Waals surface area contributed by atoms with Crippen LogP contribution in [0.3, 0.4) is 0 Å². The van der Waals surface area contributed by atoms with E-state index in [1.807, 2.05) is 0 Å². The molecule has 2 fully saturated rings. The van der Waals surface area contributed by atoms with Crippen molar-refractivity contribution in [3.8, 4) is 0 Å². The summed E-state index contributed by atoms with van der Waals surface area (Å²) in [6, 6.07) is 5.58. The largest absolute Gasteiger partial charge is 0.303 e. The summed E-state index contributed by atoms with van der Waals surface area (Å²) in [4.78, 5) is 5.35. The SMILES string of the molecule is CC1CC(C)CN(CCCc2nnc(CCCN3C(C)CCCC3C)n2-n2cccc2)C1. The van der Waals surface area contributed by atoms with Crippen molar-refractivity contribution in [1.82, 2.24) is 29.3 Å². The molecule has 0 amide bonds. The molecule has 0 radical (unpaired) electrons. The van der Waals surface area contributed by atoms with Crippen LogP contribution < -0.4 is 0 Å². The van der Waals surface area contributed by atoms with E-state index in [9.17, 15) is 0 Å². The quantitative estimate of drug-likeness (QED) is 0.576. The lowest BCUT2D eigenvalue weighted by Crippen LogP contribution is -2.44. The van der Waals surface area contributed by atoms with Crippen LogP contribution in [0.15, 0.2) is 24.5 Å². The van der Waals surface area contributed by atoms with Crippen molar-refractivity contribution in [1.29, 1.82) is 0 Å². The molecule has 6 nitrogen and oxygen atoms in total. The molecule has 2 aromatic rings. The lowest BCUT2D eigenvalue weighted by atomic mass is 9.92. The zero-order valence-corrected chi connectivity index (χ0v) is 20.8. The van der Waals surface area contributed by atoms with E-state index in [4.69, 9.17) is 0 Å². The van der Waals surface area contributed by atoms with E-state index in [1.165, 1.54) is 38.8 Å². The lowest BCUT2D eigenvalue weighted by Gasteiger charge is -2.39. The Morgan fingerprint density at radius 3 is 1.97 bits per heavy atom. The maximum atomic E-state index is 4.64. The topological polar surface area (TPSA) is 42.1 Å². The first kappa shape index (κ1) is 23.5. The van der Waals surface area contributed by atoms with Gasteiger partial charge in [-0.2, -0.15) is 0 Å². The van der Waals surface area contributed by atoms with Gasteiger partial charge in [-0.15, -0.1) is 10.2 Å². The highest BCUT2D eigenvalue weighted by atomic mass is 15.5. The lowest BCUT2D eigenvalue weighted by molar-refractivity contribution is 0.102. The second-order valence-corrected chi connectivity index (χ2v) is 10.7. The predicted octanol–water partition coefficient (Wildman–Crippen LogP) is 4.50. The van der Waals surface area contributed by atoms with E-state index in [2.05, 4.69) is 81.6 Å². The van der Waals surface area contributed by atoms with Crippen LogP contribution in [0.1, 0.15) is 77.9 Å². The smallest absolute Gasteiger partial charge is 0.153 e. The number of rotatable bonds is 9. The minimum Gasteiger partial charge on any atom is -0.303 e. The number of likely N-dealkylation sites (tertiary alicyclic amines) is 2. The van der Waals surface area contributed by atoms with Crippen molar-refractivity contribution in [2.75, 3.05) is 26.2 Å². The summed E-state index contributed by atoms with van der Waals surface area (Å²) in [5, 5.41) is 9.28. The van der Waals surface area contributed by atoms with Gasteiger partial charge in [-0.25, -0.2) is 4.68 Å². The van der Waals surface area contributed by atoms with Crippen LogP contribution in [0.5, 0.6) is 0 Å². The van der Waals surface area contributed by atoms with Gasteiger partial charge in [0.2, 0.25) is 0 Å². The van der Waals surface area contributed by atoms with Gasteiger partial charge in [0.05, 0.1) is 0 Å². The number of nitrogens with zero attached hydrogens (tertiary/aromatic N) is 6. The summed E-state index contributed by atoms with van der Waals surface area (Å²) < 4.78 is 4.41. The summed E-state index contributed by atoms with van der Waals surface area (Å²) in [5.41, 5.74) is 0. The summed E-state index contributed by atoms with van der Waals surface area (Å²) in [6.07, 6.45) is 13.9. The second-order valence-electron chi connectivity index (χ2n) is 10.7. The highest BCUT2D eigenvalue weighted by Crippen LogP contribution is 2.23. The van der Waals surface area contributed by atoms with Crippen LogP contribution in [-0.4, -0.2) is 67.6 Å². The molecule has 4 unspecified atom stereocenters. The van der Waals surface area contributed by atoms with Crippen molar-refractivity contribution in [3.05, 3.63) is 36.2 Å². The van der Waals surface area contributed by atoms with Crippen LogP contribution in [0, 0.1) is 11.8 Å². The zero-order valence-electron chi connectivity index (χ0n) is 20.8. The maximum Gasteiger partial charge on any atom is 0.153 e. The number of aromatic nitrogens is 4. The molecule has 0 aromatic carbocycles. The van der Waals surface area contributed by atoms with Crippen molar-refractivity contribution < 1.29 is 0 Å². The molecule has 0 N–H and O–H groups in total. The van der Waals surface area contributed by atoms with Gasteiger partial charge >= 0.3 is 0 Å². The average molecular weight is 441 g/mol. The van der Waals surface area contributed by atoms with E-state index in [0.717, 1.165) is 62.3 Å². The van der Waals surface area contributed by atoms with Gasteiger partial charge in [0, 0.05) is 50.4 Å². The summed E-state index contributed by atoms with van der Waals surface area (Å²) >= 11 is 0. The van der Waals surface area contributed by atoms with Gasteiger partial charge in [-0.3, -0.25) is 9.58 Å². The van der Waals surface area contributed by atoms with Gasteiger partial charge in [-0.05, 0) is 83.0 Å². The Bertz CT molecular complexity index is 792. The van der Waals surface area contributed by atoms with Crippen molar-refractivity contribution in [3.63, 3.8) is 0 Å². The fourth-order valence-corrected chi connectivity index (χ4v) is 6.16. The fraction of sp³-hybridized carbons (Fsp3) is 0.769. The third-order valence-corrected chi connectivity index (χ3v) is 7.60. The molecule has 6 heteroatoms. The Balaban J connectivity index is 1.36. The molecule has 178 valence electrons. The zero-order chi connectivity index (χ0) is 22.5. The molecule has 0 aliphatic carbocycles. The monoisotopic (exact) mass is 440 g/mol. The highest BCUT2D eigenvalue weighted by molar-refractivity contribution is 5.02. The molecule has 2 aliphatic heterocycles. The maximum absolute atomic E-state index is 4.64. The minimum absolute atomic E-state index is 0.705. The molecule has 4 heterocycles. The Morgan fingerprint density at radius 1 is 0.812 bits per heavy atom. The third-order valence-electron chi connectivity index (χ3n) is 7.60. The van der Waals surface area contributed by atoms with E-state index >= 15 is 0 Å². The van der Waals surface area contributed by atoms with E-state index in [0.29, 0.717) is 12.1 Å². The summed E-state index contributed by atoms with van der Waals surface area (Å²) in [5.74, 6) is 3.82. The minimum atomic E-state index is 0.705. The number of hydrogen-bond donors (Lipinski definition) is 0. The van der Waals surface area contributed by atoms with E-state index in [1.54, 1.807) is 0 Å². The molecule has 0 bridgehead atoms. The van der Waals surface area contributed by atoms with Crippen molar-refractivity contribution in [2.45, 2.75) is 91.1 Å². The highest BCUT2D eigenvalue weighted by Gasteiger charge is 2.25. The van der Waals surface area contributed by atoms with E-state index < -0.39 is 0 Å². The molecule has 2 saturated heterocycles. The normalized spacial score (nSPS) is 27.8. The van der Waals surface area contributed by atoms with Crippen LogP contribution in [0.25, 0.3) is 0 Å². The Hall–Kier alpha value is -1.66. The van der Waals surface area contributed by atoms with Gasteiger partial charge in [0.15, 0.2) is 11.6 Å². The standard InChI is InChI=1S/C26H44N6/c1-21-18-22(2)20-29(19-21)14-8-12-25-27-28-26(32(25)30-15-5-6-16-30)13-9-17-31-23(3)10-7-11-24(31)4/h5-6,15-16,21-24H,7-14,17-20H2,1-4H3. The number of aryl methyl sites for hydroxylation is 2. The van der Waals surface area contributed by atoms with Gasteiger partial charge in [0.25, 0.3) is 0 Å². The average Bonchev–Trinajstić information content (AvgIpc) is 3.39. The van der Waals surface area contributed by atoms with Crippen LogP contribution in [-0.2, 0) is 12.8 Å². The third kappa shape index (κ3) is 5.82. The van der Waals surface area contributed by atoms with E-state index in [-0.39, 0.29) is 0 Å². The summed E-state index contributed by atoms with van der Waals surface area (Å²) in [6.45, 7) is 14.4. The number of hydrogen-bond acceptors (Lipinski definition) is 4. The van der Waals surface area contributed by atoms with Gasteiger partial charge < -0.3 is 4.90 Å². The van der Waals surface area contributed by atoms with Crippen LogP contribution in [0.2, 0.25) is 0 Å². The fourth-order valence-electron chi connectivity index (χ4n) is 6.16. The Kier molecular flexibility index (Phi) is 8.06.